The van der Waals surface area contributed by atoms with Gasteiger partial charge < -0.3 is 9.88 Å². The first-order valence-corrected chi connectivity index (χ1v) is 8.15. The molecular formula is C18H17ClF2N2O2. The Labute approximate surface area is 148 Å². The zero-order valence-electron chi connectivity index (χ0n) is 14.0. The molecule has 1 aliphatic heterocycles. The number of pyridine rings is 1. The molecule has 0 saturated heterocycles. The summed E-state index contributed by atoms with van der Waals surface area (Å²) in [7, 11) is 0. The number of hydrogen-bond acceptors (Lipinski definition) is 2. The van der Waals surface area contributed by atoms with E-state index in [2.05, 4.69) is 4.98 Å². The Morgan fingerprint density at radius 1 is 1.20 bits per heavy atom. The molecule has 1 aromatic carbocycles. The van der Waals surface area contributed by atoms with Crippen LogP contribution in [0.15, 0.2) is 23.0 Å². The second kappa shape index (κ2) is 5.95. The minimum atomic E-state index is -3.23. The first-order chi connectivity index (χ1) is 11.6. The van der Waals surface area contributed by atoms with Crippen molar-refractivity contribution in [3.63, 3.8) is 0 Å². The fourth-order valence-electron chi connectivity index (χ4n) is 3.15. The molecule has 1 amide bonds. The van der Waals surface area contributed by atoms with Crippen LogP contribution in [0.4, 0.5) is 8.78 Å². The Bertz CT molecular complexity index is 937. The number of rotatable bonds is 2. The quantitative estimate of drug-likeness (QED) is 0.881. The van der Waals surface area contributed by atoms with Crippen LogP contribution in [0.3, 0.4) is 0 Å². The first-order valence-electron chi connectivity index (χ1n) is 7.78. The van der Waals surface area contributed by atoms with Crippen LogP contribution in [0.25, 0.3) is 0 Å². The Balaban J connectivity index is 2.07. The fourth-order valence-corrected chi connectivity index (χ4v) is 3.39. The number of halogens is 3. The molecule has 0 radical (unpaired) electrons. The number of amides is 1. The summed E-state index contributed by atoms with van der Waals surface area (Å²) in [5.74, 6) is -3.82. The van der Waals surface area contributed by atoms with E-state index in [1.54, 1.807) is 26.8 Å². The van der Waals surface area contributed by atoms with Crippen molar-refractivity contribution in [3.8, 4) is 0 Å². The molecule has 1 aliphatic rings. The van der Waals surface area contributed by atoms with Crippen molar-refractivity contribution in [3.05, 3.63) is 67.1 Å². The van der Waals surface area contributed by atoms with Gasteiger partial charge in [-0.1, -0.05) is 23.7 Å². The molecule has 1 N–H and O–H groups in total. The van der Waals surface area contributed by atoms with Gasteiger partial charge in [0.2, 0.25) is 0 Å². The van der Waals surface area contributed by atoms with Crippen LogP contribution in [0.1, 0.15) is 38.3 Å². The number of hydrogen-bond donors (Lipinski definition) is 1. The molecule has 0 spiro atoms. The molecule has 0 saturated carbocycles. The maximum absolute atomic E-state index is 14.6. The van der Waals surface area contributed by atoms with Gasteiger partial charge in [0.15, 0.2) is 0 Å². The lowest BCUT2D eigenvalue weighted by molar-refractivity contribution is -0.0428. The molecule has 1 aromatic heterocycles. The Hall–Kier alpha value is -2.21. The van der Waals surface area contributed by atoms with Gasteiger partial charge in [0.05, 0.1) is 23.7 Å². The maximum Gasteiger partial charge on any atom is 0.291 e. The van der Waals surface area contributed by atoms with Gasteiger partial charge in [0, 0.05) is 16.8 Å². The number of alkyl halides is 2. The minimum absolute atomic E-state index is 0.0291. The van der Waals surface area contributed by atoms with Gasteiger partial charge in [-0.15, -0.1) is 0 Å². The van der Waals surface area contributed by atoms with Crippen molar-refractivity contribution < 1.29 is 13.6 Å². The summed E-state index contributed by atoms with van der Waals surface area (Å²) >= 11 is 6.14. The van der Waals surface area contributed by atoms with Crippen molar-refractivity contribution in [2.75, 3.05) is 6.54 Å². The molecule has 0 atom stereocenters. The summed E-state index contributed by atoms with van der Waals surface area (Å²) in [5.41, 5.74) is 1.24. The van der Waals surface area contributed by atoms with E-state index in [9.17, 15) is 18.4 Å². The molecule has 0 aliphatic carbocycles. The van der Waals surface area contributed by atoms with Gasteiger partial charge in [-0.3, -0.25) is 9.59 Å². The lowest BCUT2D eigenvalue weighted by atomic mass is 9.93. The highest BCUT2D eigenvalue weighted by Crippen LogP contribution is 2.40. The number of nitrogens with one attached hydrogen (secondary N) is 1. The highest BCUT2D eigenvalue weighted by Gasteiger charge is 2.45. The molecule has 3 rings (SSSR count). The number of nitrogens with zero attached hydrogens (tertiary/aromatic N) is 1. The van der Waals surface area contributed by atoms with E-state index in [1.165, 1.54) is 12.1 Å². The maximum atomic E-state index is 14.6. The van der Waals surface area contributed by atoms with Gasteiger partial charge >= 0.3 is 0 Å². The SMILES string of the molecule is Cc1cc(C)c(CN2CC(F)(F)c3ccc(C)c(Cl)c3C2=O)c(=O)[nH]1. The van der Waals surface area contributed by atoms with Crippen molar-refractivity contribution in [1.82, 2.24) is 9.88 Å². The van der Waals surface area contributed by atoms with Crippen molar-refractivity contribution in [1.29, 1.82) is 0 Å². The van der Waals surface area contributed by atoms with Gasteiger partial charge in [-0.25, -0.2) is 0 Å². The minimum Gasteiger partial charge on any atom is -0.328 e. The summed E-state index contributed by atoms with van der Waals surface area (Å²) in [6.45, 7) is 4.12. The number of carbonyl (C=O) groups excluding carboxylic acids is 1. The summed E-state index contributed by atoms with van der Waals surface area (Å²) in [4.78, 5) is 28.6. The van der Waals surface area contributed by atoms with E-state index in [4.69, 9.17) is 11.6 Å². The van der Waals surface area contributed by atoms with Gasteiger partial charge in [0.25, 0.3) is 17.4 Å². The molecule has 25 heavy (non-hydrogen) atoms. The number of aromatic amines is 1. The number of fused-ring (bicyclic) bond motifs is 1. The largest absolute Gasteiger partial charge is 0.328 e. The van der Waals surface area contributed by atoms with E-state index in [0.29, 0.717) is 22.4 Å². The normalized spacial score (nSPS) is 16.1. The van der Waals surface area contributed by atoms with E-state index in [1.807, 2.05) is 0 Å². The first kappa shape index (κ1) is 17.6. The van der Waals surface area contributed by atoms with E-state index < -0.39 is 18.4 Å². The number of aryl methyl sites for hydroxylation is 3. The summed E-state index contributed by atoms with van der Waals surface area (Å²) < 4.78 is 29.1. The Kier molecular flexibility index (Phi) is 4.19. The van der Waals surface area contributed by atoms with E-state index in [0.717, 1.165) is 4.90 Å². The third-order valence-corrected chi connectivity index (χ3v) is 4.95. The smallest absolute Gasteiger partial charge is 0.291 e. The van der Waals surface area contributed by atoms with E-state index in [-0.39, 0.29) is 28.3 Å². The molecule has 4 nitrogen and oxygen atoms in total. The zero-order chi connectivity index (χ0) is 18.5. The second-order valence-electron chi connectivity index (χ2n) is 6.43. The second-order valence-corrected chi connectivity index (χ2v) is 6.81. The van der Waals surface area contributed by atoms with Crippen LogP contribution >= 0.6 is 11.6 Å². The van der Waals surface area contributed by atoms with Gasteiger partial charge in [0.1, 0.15) is 0 Å². The molecule has 2 aromatic rings. The standard InChI is InChI=1S/C18H17ClF2N2O2/c1-9-4-5-13-14(15(9)19)17(25)23(8-18(13,20)21)7-12-10(2)6-11(3)22-16(12)24/h4-6H,7-8H2,1-3H3,(H,22,24). The van der Waals surface area contributed by atoms with Crippen LogP contribution in [-0.2, 0) is 12.5 Å². The molecule has 0 bridgehead atoms. The van der Waals surface area contributed by atoms with Crippen LogP contribution in [0, 0.1) is 20.8 Å². The highest BCUT2D eigenvalue weighted by molar-refractivity contribution is 6.34. The predicted molar refractivity (Wildman–Crippen MR) is 91.4 cm³/mol. The highest BCUT2D eigenvalue weighted by atomic mass is 35.5. The summed E-state index contributed by atoms with van der Waals surface area (Å²) in [5, 5.41) is 0.0291. The van der Waals surface area contributed by atoms with Crippen LogP contribution in [-0.4, -0.2) is 22.3 Å². The number of carbonyl (C=O) groups is 1. The van der Waals surface area contributed by atoms with Crippen molar-refractivity contribution >= 4 is 17.5 Å². The Morgan fingerprint density at radius 2 is 1.88 bits per heavy atom. The van der Waals surface area contributed by atoms with Crippen molar-refractivity contribution in [2.24, 2.45) is 0 Å². The lowest BCUT2D eigenvalue weighted by Gasteiger charge is -2.35. The predicted octanol–water partition coefficient (Wildman–Crippen LogP) is 3.70. The van der Waals surface area contributed by atoms with Crippen LogP contribution < -0.4 is 5.56 Å². The number of aromatic nitrogens is 1. The molecule has 2 heterocycles. The Morgan fingerprint density at radius 3 is 2.52 bits per heavy atom. The number of benzene rings is 1. The van der Waals surface area contributed by atoms with Gasteiger partial charge in [-0.2, -0.15) is 8.78 Å². The zero-order valence-corrected chi connectivity index (χ0v) is 14.8. The number of H-pyrrole nitrogens is 1. The topological polar surface area (TPSA) is 53.2 Å². The third kappa shape index (κ3) is 2.95. The molecule has 0 unspecified atom stereocenters. The average Bonchev–Trinajstić information content (AvgIpc) is 2.50. The molecular weight excluding hydrogens is 350 g/mol. The van der Waals surface area contributed by atoms with Gasteiger partial charge in [-0.05, 0) is 38.0 Å². The summed E-state index contributed by atoms with van der Waals surface area (Å²) in [6, 6.07) is 4.47. The van der Waals surface area contributed by atoms with Crippen LogP contribution in [0.5, 0.6) is 0 Å². The van der Waals surface area contributed by atoms with Crippen molar-refractivity contribution in [2.45, 2.75) is 33.2 Å². The fraction of sp³-hybridized carbons (Fsp3) is 0.333. The molecule has 132 valence electrons. The monoisotopic (exact) mass is 366 g/mol. The average molecular weight is 367 g/mol. The molecule has 7 heteroatoms. The van der Waals surface area contributed by atoms with Crippen LogP contribution in [0.2, 0.25) is 5.02 Å². The third-order valence-electron chi connectivity index (χ3n) is 4.46. The lowest BCUT2D eigenvalue weighted by Crippen LogP contribution is -2.46. The van der Waals surface area contributed by atoms with E-state index >= 15 is 0 Å². The molecule has 0 fully saturated rings. The summed E-state index contributed by atoms with van der Waals surface area (Å²) in [6.07, 6.45) is 0.